The van der Waals surface area contributed by atoms with Crippen LogP contribution in [0.25, 0.3) is 11.5 Å². The summed E-state index contributed by atoms with van der Waals surface area (Å²) in [7, 11) is 0. The van der Waals surface area contributed by atoms with Gasteiger partial charge in [-0.25, -0.2) is 19.2 Å². The van der Waals surface area contributed by atoms with Gasteiger partial charge in [0, 0.05) is 24.0 Å². The van der Waals surface area contributed by atoms with Crippen molar-refractivity contribution in [3.63, 3.8) is 0 Å². The number of amides is 1. The van der Waals surface area contributed by atoms with Crippen molar-refractivity contribution in [3.05, 3.63) is 77.6 Å². The Morgan fingerprint density at radius 2 is 1.88 bits per heavy atom. The maximum atomic E-state index is 14.1. The van der Waals surface area contributed by atoms with Crippen molar-refractivity contribution >= 4 is 17.2 Å². The predicted octanol–water partition coefficient (Wildman–Crippen LogP) is 3.89. The van der Waals surface area contributed by atoms with Gasteiger partial charge in [0.1, 0.15) is 5.56 Å². The number of carbonyl (C=O) groups excluding carboxylic acids is 1. The quantitative estimate of drug-likeness (QED) is 0.323. The third-order valence-electron chi connectivity index (χ3n) is 6.73. The summed E-state index contributed by atoms with van der Waals surface area (Å²) in [6.07, 6.45) is 0.900. The zero-order valence-electron chi connectivity index (χ0n) is 20.2. The summed E-state index contributed by atoms with van der Waals surface area (Å²) in [6.45, 7) is -1.29. The van der Waals surface area contributed by atoms with Crippen LogP contribution >= 0.6 is 0 Å². The summed E-state index contributed by atoms with van der Waals surface area (Å²) in [5.41, 5.74) is -1.83. The van der Waals surface area contributed by atoms with Crippen LogP contribution in [-0.2, 0) is 16.4 Å². The van der Waals surface area contributed by atoms with Gasteiger partial charge in [0.25, 0.3) is 0 Å². The Hall–Kier alpha value is -4.83. The van der Waals surface area contributed by atoms with Gasteiger partial charge in [-0.1, -0.05) is 0 Å². The fourth-order valence-corrected chi connectivity index (χ4v) is 4.99. The van der Waals surface area contributed by atoms with Gasteiger partial charge >= 0.3 is 12.7 Å². The third kappa shape index (κ3) is 4.04. The van der Waals surface area contributed by atoms with E-state index in [1.807, 2.05) is 0 Å². The van der Waals surface area contributed by atoms with Crippen molar-refractivity contribution in [2.45, 2.75) is 37.4 Å². The molecule has 1 N–H and O–H groups in total. The van der Waals surface area contributed by atoms with Gasteiger partial charge in [0.05, 0.1) is 47.0 Å². The molecule has 0 spiro atoms. The molecule has 11 nitrogen and oxygen atoms in total. The number of nitrogens with zero attached hydrogens (tertiary/aromatic N) is 9. The number of halogens is 6. The summed E-state index contributed by atoms with van der Waals surface area (Å²) >= 11 is 0. The topological polar surface area (TPSA) is 121 Å². The molecule has 0 bridgehead atoms. The van der Waals surface area contributed by atoms with E-state index < -0.39 is 47.3 Å². The Morgan fingerprint density at radius 1 is 1.12 bits per heavy atom. The van der Waals surface area contributed by atoms with Crippen molar-refractivity contribution in [2.75, 3.05) is 5.32 Å². The standard InChI is InChI=1S/C23H16F6N10O/c1-22(15-2-5-37(35-15)21(25)26)8-12(13-10-30-17-7-16(24)36-38(17)18(13)22)20(40)34-11-6-14(23(27,28)29)19(31-9-11)39-32-3-4-33-39/h2-7,9-10,12,21H,8H2,1H3,(H,34,40)/t12-,22-/m1/s1. The largest absolute Gasteiger partial charge is 0.420 e. The van der Waals surface area contributed by atoms with Crippen LogP contribution in [0.15, 0.2) is 49.2 Å². The SMILES string of the molecule is C[C@]1(c2ccn(C(F)F)n2)C[C@@H](C(=O)Nc2cnc(-n3nccn3)c(C(F)(F)F)c2)c2cnc3cc(F)nn3c21. The maximum Gasteiger partial charge on any atom is 0.420 e. The second kappa shape index (κ2) is 8.85. The molecule has 0 aliphatic heterocycles. The van der Waals surface area contributed by atoms with E-state index in [0.29, 0.717) is 15.5 Å². The van der Waals surface area contributed by atoms with Gasteiger partial charge in [-0.05, 0) is 25.5 Å². The maximum absolute atomic E-state index is 14.1. The average Bonchev–Trinajstić information content (AvgIpc) is 3.68. The molecule has 5 aromatic rings. The number of pyridine rings is 1. The van der Waals surface area contributed by atoms with E-state index in [9.17, 15) is 31.1 Å². The van der Waals surface area contributed by atoms with Crippen LogP contribution in [-0.4, -0.2) is 50.3 Å². The predicted molar refractivity (Wildman–Crippen MR) is 123 cm³/mol. The number of nitrogens with one attached hydrogen (secondary N) is 1. The minimum Gasteiger partial charge on any atom is -0.324 e. The first-order valence-electron chi connectivity index (χ1n) is 11.6. The van der Waals surface area contributed by atoms with Gasteiger partial charge in [0.2, 0.25) is 11.9 Å². The molecular formula is C23H16F6N10O. The van der Waals surface area contributed by atoms with E-state index in [2.05, 4.69) is 35.7 Å². The van der Waals surface area contributed by atoms with Gasteiger partial charge in [-0.2, -0.15) is 41.6 Å². The molecule has 1 amide bonds. The Kier molecular flexibility index (Phi) is 5.63. The molecule has 0 aromatic carbocycles. The average molecular weight is 562 g/mol. The number of alkyl halides is 5. The van der Waals surface area contributed by atoms with Gasteiger partial charge in [-0.3, -0.25) is 4.79 Å². The number of anilines is 1. The van der Waals surface area contributed by atoms with Gasteiger partial charge in [0.15, 0.2) is 11.5 Å². The minimum absolute atomic E-state index is 0.0501. The van der Waals surface area contributed by atoms with E-state index in [0.717, 1.165) is 18.5 Å². The van der Waals surface area contributed by atoms with Crippen LogP contribution in [0.1, 0.15) is 48.3 Å². The Labute approximate surface area is 219 Å². The van der Waals surface area contributed by atoms with Gasteiger partial charge < -0.3 is 5.32 Å². The molecular weight excluding hydrogens is 546 g/mol. The fraction of sp³-hybridized carbons (Fsp3) is 0.261. The molecule has 0 saturated heterocycles. The van der Waals surface area contributed by atoms with Crippen molar-refractivity contribution in [2.24, 2.45) is 0 Å². The molecule has 5 heterocycles. The lowest BCUT2D eigenvalue weighted by Gasteiger charge is -2.23. The highest BCUT2D eigenvalue weighted by Gasteiger charge is 2.49. The van der Waals surface area contributed by atoms with Crippen molar-refractivity contribution < 1.29 is 31.1 Å². The number of hydrogen-bond acceptors (Lipinski definition) is 7. The number of carbonyl (C=O) groups is 1. The lowest BCUT2D eigenvalue weighted by Crippen LogP contribution is -2.26. The number of rotatable bonds is 5. The fourth-order valence-electron chi connectivity index (χ4n) is 4.99. The highest BCUT2D eigenvalue weighted by Crippen LogP contribution is 2.49. The molecule has 1 aliphatic carbocycles. The smallest absolute Gasteiger partial charge is 0.324 e. The Bertz CT molecular complexity index is 1740. The van der Waals surface area contributed by atoms with Crippen molar-refractivity contribution in [1.82, 2.24) is 44.4 Å². The van der Waals surface area contributed by atoms with Gasteiger partial charge in [-0.15, -0.1) is 9.90 Å². The second-order valence-electron chi connectivity index (χ2n) is 9.25. The highest BCUT2D eigenvalue weighted by atomic mass is 19.4. The third-order valence-corrected chi connectivity index (χ3v) is 6.73. The van der Waals surface area contributed by atoms with E-state index >= 15 is 0 Å². The molecule has 0 saturated carbocycles. The molecule has 0 radical (unpaired) electrons. The minimum atomic E-state index is -4.85. The van der Waals surface area contributed by atoms with E-state index in [1.54, 1.807) is 6.92 Å². The van der Waals surface area contributed by atoms with E-state index in [1.165, 1.54) is 29.2 Å². The molecule has 0 unspecified atom stereocenters. The highest BCUT2D eigenvalue weighted by molar-refractivity contribution is 5.97. The first-order chi connectivity index (χ1) is 19.0. The summed E-state index contributed by atoms with van der Waals surface area (Å²) < 4.78 is 83.7. The van der Waals surface area contributed by atoms with E-state index in [-0.39, 0.29) is 34.7 Å². The number of aromatic nitrogens is 9. The lowest BCUT2D eigenvalue weighted by atomic mass is 9.82. The zero-order chi connectivity index (χ0) is 28.4. The van der Waals surface area contributed by atoms with Crippen molar-refractivity contribution in [1.29, 1.82) is 0 Å². The molecule has 5 aromatic heterocycles. The molecule has 0 fully saturated rings. The monoisotopic (exact) mass is 562 g/mol. The Morgan fingerprint density at radius 3 is 2.55 bits per heavy atom. The molecule has 2 atom stereocenters. The van der Waals surface area contributed by atoms with Crippen LogP contribution in [0.2, 0.25) is 0 Å². The molecule has 40 heavy (non-hydrogen) atoms. The van der Waals surface area contributed by atoms with E-state index in [4.69, 9.17) is 0 Å². The second-order valence-corrected chi connectivity index (χ2v) is 9.25. The summed E-state index contributed by atoms with van der Waals surface area (Å²) in [4.78, 5) is 22.2. The first kappa shape index (κ1) is 25.4. The summed E-state index contributed by atoms with van der Waals surface area (Å²) in [5, 5.41) is 17.6. The number of fused-ring (bicyclic) bond motifs is 3. The van der Waals surface area contributed by atoms with Crippen LogP contribution in [0.3, 0.4) is 0 Å². The zero-order valence-corrected chi connectivity index (χ0v) is 20.2. The van der Waals surface area contributed by atoms with Crippen LogP contribution in [0.5, 0.6) is 0 Å². The van der Waals surface area contributed by atoms with Crippen LogP contribution < -0.4 is 5.32 Å². The van der Waals surface area contributed by atoms with Crippen LogP contribution in [0, 0.1) is 5.95 Å². The van der Waals surface area contributed by atoms with Crippen LogP contribution in [0.4, 0.5) is 32.0 Å². The molecule has 6 rings (SSSR count). The summed E-state index contributed by atoms with van der Waals surface area (Å²) in [6, 6.07) is 3.11. The Balaban J connectivity index is 1.40. The van der Waals surface area contributed by atoms with Crippen molar-refractivity contribution in [3.8, 4) is 5.82 Å². The summed E-state index contributed by atoms with van der Waals surface area (Å²) in [5.74, 6) is -3.21. The normalized spacial score (nSPS) is 18.9. The lowest BCUT2D eigenvalue weighted by molar-refractivity contribution is -0.137. The number of hydrogen-bond donors (Lipinski definition) is 1. The molecule has 17 heteroatoms. The molecule has 1 aliphatic rings. The molecule has 206 valence electrons. The first-order valence-corrected chi connectivity index (χ1v) is 11.6.